The largest absolute Gasteiger partial charge is 0.482 e. The van der Waals surface area contributed by atoms with Crippen molar-refractivity contribution in [1.29, 1.82) is 5.26 Å². The number of hydrogen-bond donors (Lipinski definition) is 1. The fourth-order valence-corrected chi connectivity index (χ4v) is 2.11. The van der Waals surface area contributed by atoms with Crippen LogP contribution in [0.1, 0.15) is 11.1 Å². The van der Waals surface area contributed by atoms with E-state index < -0.39 is 0 Å². The first kappa shape index (κ1) is 16.2. The Kier molecular flexibility index (Phi) is 5.26. The van der Waals surface area contributed by atoms with Crippen LogP contribution in [-0.4, -0.2) is 12.5 Å². The van der Waals surface area contributed by atoms with Gasteiger partial charge in [0.2, 0.25) is 0 Å². The van der Waals surface area contributed by atoms with E-state index in [2.05, 4.69) is 5.32 Å². The van der Waals surface area contributed by atoms with Gasteiger partial charge < -0.3 is 10.1 Å². The van der Waals surface area contributed by atoms with Crippen LogP contribution in [0.3, 0.4) is 0 Å². The van der Waals surface area contributed by atoms with Gasteiger partial charge in [-0.25, -0.2) is 0 Å². The number of amides is 1. The van der Waals surface area contributed by atoms with E-state index >= 15 is 0 Å². The van der Waals surface area contributed by atoms with E-state index in [9.17, 15) is 4.79 Å². The minimum Gasteiger partial charge on any atom is -0.482 e. The molecule has 22 heavy (non-hydrogen) atoms. The highest BCUT2D eigenvalue weighted by atomic mass is 35.5. The Morgan fingerprint density at radius 3 is 2.64 bits per heavy atom. The van der Waals surface area contributed by atoms with Crippen molar-refractivity contribution in [2.75, 3.05) is 11.9 Å². The molecule has 112 valence electrons. The molecule has 0 aliphatic heterocycles. The highest BCUT2D eigenvalue weighted by Crippen LogP contribution is 2.25. The predicted molar refractivity (Wildman–Crippen MR) is 86.5 cm³/mol. The predicted octanol–water partition coefficient (Wildman–Crippen LogP) is 4.19. The van der Waals surface area contributed by atoms with Gasteiger partial charge in [0.25, 0.3) is 5.91 Å². The average molecular weight is 335 g/mol. The summed E-state index contributed by atoms with van der Waals surface area (Å²) in [4.78, 5) is 11.8. The van der Waals surface area contributed by atoms with Crippen molar-refractivity contribution >= 4 is 34.8 Å². The van der Waals surface area contributed by atoms with Gasteiger partial charge >= 0.3 is 0 Å². The van der Waals surface area contributed by atoms with Crippen LogP contribution in [0.2, 0.25) is 10.0 Å². The third-order valence-corrected chi connectivity index (χ3v) is 3.58. The van der Waals surface area contributed by atoms with Gasteiger partial charge in [0.05, 0.1) is 16.7 Å². The van der Waals surface area contributed by atoms with E-state index in [1.165, 1.54) is 6.07 Å². The van der Waals surface area contributed by atoms with Gasteiger partial charge in [-0.1, -0.05) is 29.3 Å². The lowest BCUT2D eigenvalue weighted by molar-refractivity contribution is -0.118. The zero-order valence-corrected chi connectivity index (χ0v) is 13.2. The third kappa shape index (κ3) is 4.14. The second-order valence-electron chi connectivity index (χ2n) is 4.56. The van der Waals surface area contributed by atoms with Gasteiger partial charge in [-0.3, -0.25) is 4.79 Å². The lowest BCUT2D eigenvalue weighted by Crippen LogP contribution is -2.20. The molecule has 0 aliphatic rings. The fourth-order valence-electron chi connectivity index (χ4n) is 1.70. The summed E-state index contributed by atoms with van der Waals surface area (Å²) < 4.78 is 5.34. The molecule has 1 amide bonds. The summed E-state index contributed by atoms with van der Waals surface area (Å²) >= 11 is 12.0. The number of rotatable bonds is 4. The molecule has 0 atom stereocenters. The Balaban J connectivity index is 1.95. The molecule has 0 saturated carbocycles. The molecule has 0 saturated heterocycles. The summed E-state index contributed by atoms with van der Waals surface area (Å²) in [5, 5.41) is 12.3. The molecule has 4 nitrogen and oxygen atoms in total. The van der Waals surface area contributed by atoms with E-state index in [0.29, 0.717) is 22.0 Å². The first-order valence-corrected chi connectivity index (χ1v) is 7.13. The van der Waals surface area contributed by atoms with Crippen molar-refractivity contribution in [3.05, 3.63) is 57.6 Å². The van der Waals surface area contributed by atoms with Crippen LogP contribution in [-0.2, 0) is 4.79 Å². The highest BCUT2D eigenvalue weighted by molar-refractivity contribution is 6.32. The van der Waals surface area contributed by atoms with Crippen molar-refractivity contribution in [3.63, 3.8) is 0 Å². The molecule has 0 fully saturated rings. The molecular formula is C16H12Cl2N2O2. The number of aryl methyl sites for hydroxylation is 1. The Bertz CT molecular complexity index is 754. The van der Waals surface area contributed by atoms with Crippen molar-refractivity contribution in [2.24, 2.45) is 0 Å². The molecule has 0 aliphatic carbocycles. The summed E-state index contributed by atoms with van der Waals surface area (Å²) in [7, 11) is 0. The number of halogens is 2. The molecule has 2 aromatic carbocycles. The molecule has 0 bridgehead atoms. The first-order valence-electron chi connectivity index (χ1n) is 6.38. The molecular weight excluding hydrogens is 323 g/mol. The van der Waals surface area contributed by atoms with Crippen molar-refractivity contribution in [3.8, 4) is 11.8 Å². The summed E-state index contributed by atoms with van der Waals surface area (Å²) in [5.74, 6) is 0.0121. The normalized spacial score (nSPS) is 9.91. The van der Waals surface area contributed by atoms with Crippen LogP contribution in [0.4, 0.5) is 5.69 Å². The van der Waals surface area contributed by atoms with Crippen LogP contribution < -0.4 is 10.1 Å². The number of carbonyl (C=O) groups excluding carboxylic acids is 1. The standard InChI is InChI=1S/C16H12Cl2N2O2/c1-10-2-4-12(7-13(10)17)20-16(21)9-22-15-5-3-11(8-19)6-14(15)18/h2-7H,9H2,1H3,(H,20,21). The Morgan fingerprint density at radius 2 is 2.00 bits per heavy atom. The van der Waals surface area contributed by atoms with Crippen LogP contribution in [0.15, 0.2) is 36.4 Å². The molecule has 0 unspecified atom stereocenters. The van der Waals surface area contributed by atoms with Crippen LogP contribution >= 0.6 is 23.2 Å². The van der Waals surface area contributed by atoms with E-state index in [0.717, 1.165) is 5.56 Å². The van der Waals surface area contributed by atoms with Crippen molar-refractivity contribution in [2.45, 2.75) is 6.92 Å². The second-order valence-corrected chi connectivity index (χ2v) is 5.37. The van der Waals surface area contributed by atoms with Crippen LogP contribution in [0.5, 0.6) is 5.75 Å². The summed E-state index contributed by atoms with van der Waals surface area (Å²) in [5.41, 5.74) is 1.95. The lowest BCUT2D eigenvalue weighted by Gasteiger charge is -2.09. The smallest absolute Gasteiger partial charge is 0.262 e. The molecule has 2 rings (SSSR count). The molecule has 0 spiro atoms. The van der Waals surface area contributed by atoms with Gasteiger partial charge in [-0.15, -0.1) is 0 Å². The Labute approximate surface area is 138 Å². The summed E-state index contributed by atoms with van der Waals surface area (Å²) in [6, 6.07) is 11.8. The van der Waals surface area contributed by atoms with Crippen LogP contribution in [0.25, 0.3) is 0 Å². The number of hydrogen-bond acceptors (Lipinski definition) is 3. The van der Waals surface area contributed by atoms with E-state index in [-0.39, 0.29) is 17.5 Å². The van der Waals surface area contributed by atoms with Gasteiger partial charge in [0.1, 0.15) is 5.75 Å². The van der Waals surface area contributed by atoms with Crippen molar-refractivity contribution < 1.29 is 9.53 Å². The third-order valence-electron chi connectivity index (χ3n) is 2.88. The number of carbonyl (C=O) groups is 1. The van der Waals surface area contributed by atoms with Crippen LogP contribution in [0, 0.1) is 18.3 Å². The minimum absolute atomic E-state index is 0.197. The van der Waals surface area contributed by atoms with Crippen molar-refractivity contribution in [1.82, 2.24) is 0 Å². The highest BCUT2D eigenvalue weighted by Gasteiger charge is 2.08. The monoisotopic (exact) mass is 334 g/mol. The molecule has 2 aromatic rings. The van der Waals surface area contributed by atoms with E-state index in [1.54, 1.807) is 24.3 Å². The number of benzene rings is 2. The number of ether oxygens (including phenoxy) is 1. The number of nitriles is 1. The number of nitrogens with one attached hydrogen (secondary N) is 1. The van der Waals surface area contributed by atoms with Gasteiger partial charge in [0, 0.05) is 10.7 Å². The second kappa shape index (κ2) is 7.17. The Hall–Kier alpha value is -2.22. The number of anilines is 1. The SMILES string of the molecule is Cc1ccc(NC(=O)COc2ccc(C#N)cc2Cl)cc1Cl. The minimum atomic E-state index is -0.333. The quantitative estimate of drug-likeness (QED) is 0.911. The summed E-state index contributed by atoms with van der Waals surface area (Å²) in [6.45, 7) is 1.68. The maximum absolute atomic E-state index is 11.8. The molecule has 0 aromatic heterocycles. The lowest BCUT2D eigenvalue weighted by atomic mass is 10.2. The molecule has 1 N–H and O–H groups in total. The van der Waals surface area contributed by atoms with E-state index in [4.69, 9.17) is 33.2 Å². The maximum Gasteiger partial charge on any atom is 0.262 e. The van der Waals surface area contributed by atoms with Gasteiger partial charge in [-0.05, 0) is 42.8 Å². The maximum atomic E-state index is 11.8. The first-order chi connectivity index (χ1) is 10.5. The molecule has 6 heteroatoms. The zero-order chi connectivity index (χ0) is 16.1. The molecule has 0 radical (unpaired) electrons. The average Bonchev–Trinajstić information content (AvgIpc) is 2.49. The van der Waals surface area contributed by atoms with E-state index in [1.807, 2.05) is 19.1 Å². The Morgan fingerprint density at radius 1 is 1.23 bits per heavy atom. The van der Waals surface area contributed by atoms with Gasteiger partial charge in [-0.2, -0.15) is 5.26 Å². The fraction of sp³-hybridized carbons (Fsp3) is 0.125. The van der Waals surface area contributed by atoms with Gasteiger partial charge in [0.15, 0.2) is 6.61 Å². The number of nitrogens with zero attached hydrogens (tertiary/aromatic N) is 1. The topological polar surface area (TPSA) is 62.1 Å². The zero-order valence-electron chi connectivity index (χ0n) is 11.7. The molecule has 0 heterocycles. The summed E-state index contributed by atoms with van der Waals surface area (Å²) in [6.07, 6.45) is 0.